The zero-order valence-electron chi connectivity index (χ0n) is 13.5. The van der Waals surface area contributed by atoms with Crippen LogP contribution in [0.15, 0.2) is 42.5 Å². The van der Waals surface area contributed by atoms with Crippen molar-refractivity contribution in [3.8, 4) is 11.1 Å². The lowest BCUT2D eigenvalue weighted by Gasteiger charge is -2.20. The summed E-state index contributed by atoms with van der Waals surface area (Å²) in [5.41, 5.74) is 11.6. The van der Waals surface area contributed by atoms with E-state index in [1.54, 1.807) is 0 Å². The van der Waals surface area contributed by atoms with Crippen LogP contribution in [0.4, 0.5) is 11.4 Å². The molecule has 0 spiro atoms. The predicted octanol–water partition coefficient (Wildman–Crippen LogP) is 5.09. The first kappa shape index (κ1) is 15.4. The summed E-state index contributed by atoms with van der Waals surface area (Å²) in [4.78, 5) is 0. The summed E-state index contributed by atoms with van der Waals surface area (Å²) in [5, 5.41) is 3.63. The lowest BCUT2D eigenvalue weighted by molar-refractivity contribution is 0.540. The van der Waals surface area contributed by atoms with Crippen LogP contribution < -0.4 is 11.1 Å². The van der Waals surface area contributed by atoms with Crippen LogP contribution in [0.1, 0.15) is 32.8 Å². The summed E-state index contributed by atoms with van der Waals surface area (Å²) in [6.07, 6.45) is 1.15. The number of anilines is 2. The van der Waals surface area contributed by atoms with Gasteiger partial charge in [0.2, 0.25) is 0 Å². The van der Waals surface area contributed by atoms with Gasteiger partial charge in [-0.2, -0.15) is 0 Å². The van der Waals surface area contributed by atoms with Crippen LogP contribution in [0.3, 0.4) is 0 Å². The standard InChI is InChI=1S/C19H26N2/c1-13(2)11-15(4)21-19-10-9-17(20)12-18(19)16-7-5-14(3)6-8-16/h5-10,12-13,15,21H,11,20H2,1-4H3. The third-order valence-corrected chi connectivity index (χ3v) is 3.63. The molecule has 2 rings (SSSR count). The third-order valence-electron chi connectivity index (χ3n) is 3.63. The van der Waals surface area contributed by atoms with Crippen molar-refractivity contribution in [2.75, 3.05) is 11.1 Å². The zero-order chi connectivity index (χ0) is 15.4. The Morgan fingerprint density at radius 2 is 1.67 bits per heavy atom. The van der Waals surface area contributed by atoms with Gasteiger partial charge in [0.25, 0.3) is 0 Å². The molecule has 1 atom stereocenters. The summed E-state index contributed by atoms with van der Waals surface area (Å²) in [5.74, 6) is 0.684. The number of nitrogens with two attached hydrogens (primary N) is 1. The van der Waals surface area contributed by atoms with Gasteiger partial charge in [0.15, 0.2) is 0 Å². The number of aryl methyl sites for hydroxylation is 1. The van der Waals surface area contributed by atoms with E-state index in [2.05, 4.69) is 69.4 Å². The van der Waals surface area contributed by atoms with Gasteiger partial charge in [0.05, 0.1) is 0 Å². The maximum atomic E-state index is 5.98. The Kier molecular flexibility index (Phi) is 4.89. The highest BCUT2D eigenvalue weighted by molar-refractivity contribution is 5.80. The molecular formula is C19H26N2. The molecule has 0 aromatic heterocycles. The molecule has 2 aromatic rings. The van der Waals surface area contributed by atoms with E-state index in [1.807, 2.05) is 6.07 Å². The molecular weight excluding hydrogens is 256 g/mol. The van der Waals surface area contributed by atoms with Gasteiger partial charge in [-0.15, -0.1) is 0 Å². The van der Waals surface area contributed by atoms with Crippen LogP contribution >= 0.6 is 0 Å². The second-order valence-corrected chi connectivity index (χ2v) is 6.35. The minimum Gasteiger partial charge on any atom is -0.399 e. The Hall–Kier alpha value is -1.96. The largest absolute Gasteiger partial charge is 0.399 e. The van der Waals surface area contributed by atoms with Crippen molar-refractivity contribution in [2.45, 2.75) is 40.2 Å². The lowest BCUT2D eigenvalue weighted by Crippen LogP contribution is -2.18. The van der Waals surface area contributed by atoms with E-state index < -0.39 is 0 Å². The van der Waals surface area contributed by atoms with Gasteiger partial charge >= 0.3 is 0 Å². The maximum absolute atomic E-state index is 5.98. The molecule has 0 radical (unpaired) electrons. The number of nitrogens with one attached hydrogen (secondary N) is 1. The first-order valence-corrected chi connectivity index (χ1v) is 7.69. The van der Waals surface area contributed by atoms with Crippen LogP contribution in [0.5, 0.6) is 0 Å². The first-order valence-electron chi connectivity index (χ1n) is 7.69. The van der Waals surface area contributed by atoms with Crippen LogP contribution in [-0.4, -0.2) is 6.04 Å². The smallest absolute Gasteiger partial charge is 0.0423 e. The van der Waals surface area contributed by atoms with Crippen LogP contribution in [-0.2, 0) is 0 Å². The summed E-state index contributed by atoms with van der Waals surface area (Å²) in [6, 6.07) is 15.1. The highest BCUT2D eigenvalue weighted by Gasteiger charge is 2.10. The van der Waals surface area contributed by atoms with E-state index in [9.17, 15) is 0 Å². The molecule has 0 heterocycles. The van der Waals surface area contributed by atoms with Gasteiger partial charge in [-0.05, 0) is 49.9 Å². The van der Waals surface area contributed by atoms with Crippen molar-refractivity contribution in [1.82, 2.24) is 0 Å². The fourth-order valence-electron chi connectivity index (χ4n) is 2.69. The molecule has 0 amide bonds. The molecule has 21 heavy (non-hydrogen) atoms. The van der Waals surface area contributed by atoms with Crippen molar-refractivity contribution >= 4 is 11.4 Å². The number of hydrogen-bond acceptors (Lipinski definition) is 2. The monoisotopic (exact) mass is 282 g/mol. The van der Waals surface area contributed by atoms with Crippen LogP contribution in [0, 0.1) is 12.8 Å². The average Bonchev–Trinajstić information content (AvgIpc) is 2.41. The van der Waals surface area contributed by atoms with E-state index in [-0.39, 0.29) is 0 Å². The van der Waals surface area contributed by atoms with Crippen molar-refractivity contribution in [3.63, 3.8) is 0 Å². The highest BCUT2D eigenvalue weighted by Crippen LogP contribution is 2.31. The molecule has 2 heteroatoms. The average molecular weight is 282 g/mol. The Balaban J connectivity index is 2.31. The minimum absolute atomic E-state index is 0.442. The second kappa shape index (κ2) is 6.66. The van der Waals surface area contributed by atoms with Crippen molar-refractivity contribution < 1.29 is 0 Å². The normalized spacial score (nSPS) is 12.4. The molecule has 2 nitrogen and oxygen atoms in total. The van der Waals surface area contributed by atoms with Gasteiger partial charge in [-0.3, -0.25) is 0 Å². The van der Waals surface area contributed by atoms with Crippen molar-refractivity contribution in [2.24, 2.45) is 5.92 Å². The molecule has 1 unspecified atom stereocenters. The third kappa shape index (κ3) is 4.25. The number of hydrogen-bond donors (Lipinski definition) is 2. The van der Waals surface area contributed by atoms with E-state index in [0.29, 0.717) is 12.0 Å². The Bertz CT molecular complexity index is 585. The van der Waals surface area contributed by atoms with Gasteiger partial charge < -0.3 is 11.1 Å². The van der Waals surface area contributed by atoms with E-state index >= 15 is 0 Å². The maximum Gasteiger partial charge on any atom is 0.0423 e. The van der Waals surface area contributed by atoms with Gasteiger partial charge in [0.1, 0.15) is 0 Å². The molecule has 0 fully saturated rings. The predicted molar refractivity (Wildman–Crippen MR) is 93.6 cm³/mol. The Labute approximate surface area is 128 Å². The molecule has 112 valence electrons. The van der Waals surface area contributed by atoms with E-state index in [1.165, 1.54) is 16.7 Å². The fraction of sp³-hybridized carbons (Fsp3) is 0.368. The number of rotatable bonds is 5. The molecule has 2 aromatic carbocycles. The second-order valence-electron chi connectivity index (χ2n) is 6.35. The SMILES string of the molecule is Cc1ccc(-c2cc(N)ccc2NC(C)CC(C)C)cc1. The quantitative estimate of drug-likeness (QED) is 0.749. The lowest BCUT2D eigenvalue weighted by atomic mass is 10.00. The highest BCUT2D eigenvalue weighted by atomic mass is 14.9. The van der Waals surface area contributed by atoms with Crippen molar-refractivity contribution in [3.05, 3.63) is 48.0 Å². The zero-order valence-corrected chi connectivity index (χ0v) is 13.5. The summed E-state index contributed by atoms with van der Waals surface area (Å²) < 4.78 is 0. The van der Waals surface area contributed by atoms with Gasteiger partial charge in [-0.1, -0.05) is 43.7 Å². The van der Waals surface area contributed by atoms with Crippen molar-refractivity contribution in [1.29, 1.82) is 0 Å². The minimum atomic E-state index is 0.442. The van der Waals surface area contributed by atoms with E-state index in [4.69, 9.17) is 5.73 Å². The number of nitrogen functional groups attached to an aromatic ring is 1. The topological polar surface area (TPSA) is 38.0 Å². The van der Waals surface area contributed by atoms with Crippen LogP contribution in [0.25, 0.3) is 11.1 Å². The molecule has 3 N–H and O–H groups in total. The summed E-state index contributed by atoms with van der Waals surface area (Å²) in [7, 11) is 0. The molecule has 0 saturated carbocycles. The molecule has 0 saturated heterocycles. The summed E-state index contributed by atoms with van der Waals surface area (Å²) >= 11 is 0. The molecule has 0 bridgehead atoms. The van der Waals surface area contributed by atoms with Gasteiger partial charge in [-0.25, -0.2) is 0 Å². The van der Waals surface area contributed by atoms with Crippen LogP contribution in [0.2, 0.25) is 0 Å². The first-order chi connectivity index (χ1) is 9.95. The summed E-state index contributed by atoms with van der Waals surface area (Å²) in [6.45, 7) is 8.84. The number of benzene rings is 2. The van der Waals surface area contributed by atoms with E-state index in [0.717, 1.165) is 17.8 Å². The molecule has 0 aliphatic rings. The van der Waals surface area contributed by atoms with Gasteiger partial charge in [0, 0.05) is 23.0 Å². The molecule has 0 aliphatic carbocycles. The Morgan fingerprint density at radius 1 is 1.00 bits per heavy atom. The molecule has 0 aliphatic heterocycles. The Morgan fingerprint density at radius 3 is 2.29 bits per heavy atom. The fourth-order valence-corrected chi connectivity index (χ4v) is 2.69.